The van der Waals surface area contributed by atoms with E-state index in [1.54, 1.807) is 11.8 Å². The average molecular weight is 283 g/mol. The van der Waals surface area contributed by atoms with Crippen LogP contribution < -0.4 is 0 Å². The maximum Gasteiger partial charge on any atom is 0.267 e. The lowest BCUT2D eigenvalue weighted by Gasteiger charge is -2.36. The summed E-state index contributed by atoms with van der Waals surface area (Å²) in [7, 11) is 0. The Morgan fingerprint density at radius 2 is 2.16 bits per heavy atom. The van der Waals surface area contributed by atoms with Gasteiger partial charge in [0.1, 0.15) is 4.88 Å². The van der Waals surface area contributed by atoms with Crippen LogP contribution in [-0.2, 0) is 5.41 Å². The molecule has 0 spiro atoms. The first-order valence-electron chi connectivity index (χ1n) is 6.55. The van der Waals surface area contributed by atoms with Crippen LogP contribution in [0.3, 0.4) is 0 Å². The third-order valence-corrected chi connectivity index (χ3v) is 4.07. The van der Waals surface area contributed by atoms with Crippen molar-refractivity contribution < 1.29 is 9.90 Å². The number of carbonyl (C=O) groups excluding carboxylic acids is 1. The van der Waals surface area contributed by atoms with Gasteiger partial charge in [-0.1, -0.05) is 25.3 Å². The molecule has 1 aromatic rings. The summed E-state index contributed by atoms with van der Waals surface area (Å²) in [5.41, 5.74) is -0.239. The summed E-state index contributed by atoms with van der Waals surface area (Å²) in [6.07, 6.45) is 1.57. The SMILES string of the molecule is CC1(O)CCCN(C(=O)c2snnc2C(C)(C)C)C1. The van der Waals surface area contributed by atoms with Crippen molar-refractivity contribution in [3.8, 4) is 0 Å². The zero-order valence-corrected chi connectivity index (χ0v) is 12.8. The topological polar surface area (TPSA) is 66.3 Å². The molecular formula is C13H21N3O2S. The van der Waals surface area contributed by atoms with E-state index in [4.69, 9.17) is 0 Å². The van der Waals surface area contributed by atoms with Gasteiger partial charge >= 0.3 is 0 Å². The fourth-order valence-electron chi connectivity index (χ4n) is 2.36. The predicted octanol–water partition coefficient (Wildman–Crippen LogP) is 1.82. The average Bonchev–Trinajstić information content (AvgIpc) is 2.75. The first kappa shape index (κ1) is 14.4. The standard InChI is InChI=1S/C13H21N3O2S/c1-12(2,3)10-9(19-15-14-10)11(17)16-7-5-6-13(4,18)8-16/h18H,5-8H2,1-4H3. The molecule has 5 nitrogen and oxygen atoms in total. The molecule has 1 aliphatic rings. The highest BCUT2D eigenvalue weighted by atomic mass is 32.1. The van der Waals surface area contributed by atoms with Gasteiger partial charge in [-0.2, -0.15) is 0 Å². The number of piperidine rings is 1. The van der Waals surface area contributed by atoms with Crippen molar-refractivity contribution in [3.05, 3.63) is 10.6 Å². The number of carbonyl (C=O) groups is 1. The Labute approximate surface area is 117 Å². The number of nitrogens with zero attached hydrogens (tertiary/aromatic N) is 3. The van der Waals surface area contributed by atoms with Crippen LogP contribution in [-0.4, -0.2) is 44.2 Å². The molecule has 0 aromatic carbocycles. The van der Waals surface area contributed by atoms with Crippen molar-refractivity contribution in [2.24, 2.45) is 0 Å². The van der Waals surface area contributed by atoms with Crippen LogP contribution in [0.5, 0.6) is 0 Å². The van der Waals surface area contributed by atoms with Crippen molar-refractivity contribution in [1.82, 2.24) is 14.5 Å². The Kier molecular flexibility index (Phi) is 3.66. The number of rotatable bonds is 1. The third-order valence-electron chi connectivity index (χ3n) is 3.35. The summed E-state index contributed by atoms with van der Waals surface area (Å²) in [6, 6.07) is 0. The largest absolute Gasteiger partial charge is 0.388 e. The van der Waals surface area contributed by atoms with Crippen molar-refractivity contribution in [2.45, 2.75) is 51.6 Å². The lowest BCUT2D eigenvalue weighted by molar-refractivity contribution is -0.0106. The van der Waals surface area contributed by atoms with Crippen molar-refractivity contribution in [2.75, 3.05) is 13.1 Å². The van der Waals surface area contributed by atoms with Crippen LogP contribution in [0.15, 0.2) is 0 Å². The van der Waals surface area contributed by atoms with Gasteiger partial charge in [0.2, 0.25) is 0 Å². The van der Waals surface area contributed by atoms with Gasteiger partial charge in [-0.15, -0.1) is 5.10 Å². The molecule has 1 unspecified atom stereocenters. The number of hydrogen-bond donors (Lipinski definition) is 1. The second-order valence-corrected chi connectivity index (χ2v) is 7.28. The van der Waals surface area contributed by atoms with E-state index in [1.807, 2.05) is 20.8 Å². The lowest BCUT2D eigenvalue weighted by Crippen LogP contribution is -2.48. The fourth-order valence-corrected chi connectivity index (χ4v) is 3.20. The zero-order valence-electron chi connectivity index (χ0n) is 11.9. The number of likely N-dealkylation sites (tertiary alicyclic amines) is 1. The van der Waals surface area contributed by atoms with E-state index in [1.165, 1.54) is 0 Å². The summed E-state index contributed by atoms with van der Waals surface area (Å²) in [4.78, 5) is 14.9. The summed E-state index contributed by atoms with van der Waals surface area (Å²) >= 11 is 1.14. The number of aliphatic hydroxyl groups is 1. The second kappa shape index (κ2) is 4.83. The third kappa shape index (κ3) is 3.12. The van der Waals surface area contributed by atoms with Gasteiger partial charge in [0.25, 0.3) is 5.91 Å². The van der Waals surface area contributed by atoms with Crippen molar-refractivity contribution >= 4 is 17.4 Å². The quantitative estimate of drug-likeness (QED) is 0.854. The minimum absolute atomic E-state index is 0.0556. The minimum atomic E-state index is -0.784. The maximum absolute atomic E-state index is 12.6. The maximum atomic E-state index is 12.6. The molecule has 1 aliphatic heterocycles. The van der Waals surface area contributed by atoms with Crippen LogP contribution in [0.1, 0.15) is 55.9 Å². The summed E-state index contributed by atoms with van der Waals surface area (Å²) in [6.45, 7) is 8.92. The normalized spacial score (nSPS) is 24.6. The first-order valence-corrected chi connectivity index (χ1v) is 7.32. The summed E-state index contributed by atoms with van der Waals surface area (Å²) in [5, 5.41) is 14.2. The van der Waals surface area contributed by atoms with Gasteiger partial charge in [-0.25, -0.2) is 0 Å². The molecule has 1 saturated heterocycles. The van der Waals surface area contributed by atoms with Gasteiger partial charge in [0, 0.05) is 18.5 Å². The number of β-amino-alcohol motifs (C(OH)–C–C–N with tert-alkyl or cyclic N) is 1. The van der Waals surface area contributed by atoms with E-state index in [9.17, 15) is 9.90 Å². The monoisotopic (exact) mass is 283 g/mol. The van der Waals surface area contributed by atoms with Gasteiger partial charge in [0.05, 0.1) is 11.3 Å². The van der Waals surface area contributed by atoms with Gasteiger partial charge < -0.3 is 10.0 Å². The summed E-state index contributed by atoms with van der Waals surface area (Å²) < 4.78 is 3.92. The van der Waals surface area contributed by atoms with Crippen molar-refractivity contribution in [3.63, 3.8) is 0 Å². The van der Waals surface area contributed by atoms with Gasteiger partial charge in [-0.3, -0.25) is 4.79 Å². The van der Waals surface area contributed by atoms with E-state index in [2.05, 4.69) is 9.59 Å². The van der Waals surface area contributed by atoms with Crippen LogP contribution in [0.4, 0.5) is 0 Å². The minimum Gasteiger partial charge on any atom is -0.388 e. The molecule has 2 heterocycles. The molecule has 1 aromatic heterocycles. The molecule has 0 radical (unpaired) electrons. The van der Waals surface area contributed by atoms with Crippen LogP contribution in [0.2, 0.25) is 0 Å². The highest BCUT2D eigenvalue weighted by molar-refractivity contribution is 7.08. The molecule has 0 aliphatic carbocycles. The molecule has 0 saturated carbocycles. The lowest BCUT2D eigenvalue weighted by atomic mass is 9.90. The van der Waals surface area contributed by atoms with Crippen LogP contribution in [0, 0.1) is 0 Å². The molecule has 0 bridgehead atoms. The highest BCUT2D eigenvalue weighted by Gasteiger charge is 2.34. The molecule has 1 N–H and O–H groups in total. The molecule has 1 amide bonds. The zero-order chi connectivity index (χ0) is 14.3. The molecule has 2 rings (SSSR count). The molecular weight excluding hydrogens is 262 g/mol. The van der Waals surface area contributed by atoms with E-state index in [-0.39, 0.29) is 11.3 Å². The Morgan fingerprint density at radius 1 is 1.47 bits per heavy atom. The first-order chi connectivity index (χ1) is 8.71. The Morgan fingerprint density at radius 3 is 2.74 bits per heavy atom. The summed E-state index contributed by atoms with van der Waals surface area (Å²) in [5.74, 6) is -0.0556. The second-order valence-electron chi connectivity index (χ2n) is 6.53. The number of amides is 1. The number of aromatic nitrogens is 2. The van der Waals surface area contributed by atoms with Gasteiger partial charge in [-0.05, 0) is 31.3 Å². The number of hydrogen-bond acceptors (Lipinski definition) is 5. The smallest absolute Gasteiger partial charge is 0.267 e. The fraction of sp³-hybridized carbons (Fsp3) is 0.769. The van der Waals surface area contributed by atoms with Crippen LogP contribution in [0.25, 0.3) is 0 Å². The molecule has 106 valence electrons. The highest BCUT2D eigenvalue weighted by Crippen LogP contribution is 2.29. The van der Waals surface area contributed by atoms with Gasteiger partial charge in [0.15, 0.2) is 0 Å². The Balaban J connectivity index is 2.23. The Hall–Kier alpha value is -1.01. The van der Waals surface area contributed by atoms with E-state index >= 15 is 0 Å². The van der Waals surface area contributed by atoms with E-state index < -0.39 is 5.60 Å². The van der Waals surface area contributed by atoms with E-state index in [0.717, 1.165) is 30.1 Å². The van der Waals surface area contributed by atoms with Crippen LogP contribution >= 0.6 is 11.5 Å². The van der Waals surface area contributed by atoms with E-state index in [0.29, 0.717) is 18.0 Å². The molecule has 1 atom stereocenters. The Bertz CT molecular complexity index is 476. The molecule has 1 fully saturated rings. The van der Waals surface area contributed by atoms with Crippen molar-refractivity contribution in [1.29, 1.82) is 0 Å². The molecule has 19 heavy (non-hydrogen) atoms. The molecule has 6 heteroatoms. The predicted molar refractivity (Wildman–Crippen MR) is 74.4 cm³/mol.